The fourth-order valence-corrected chi connectivity index (χ4v) is 5.06. The summed E-state index contributed by atoms with van der Waals surface area (Å²) in [6, 6.07) is 0.584. The van der Waals surface area contributed by atoms with E-state index in [9.17, 15) is 0 Å². The lowest BCUT2D eigenvalue weighted by Gasteiger charge is -2.46. The maximum absolute atomic E-state index is 4.05. The van der Waals surface area contributed by atoms with Crippen molar-refractivity contribution in [3.8, 4) is 0 Å². The Morgan fingerprint density at radius 2 is 1.71 bits per heavy atom. The molecule has 0 aliphatic heterocycles. The lowest BCUT2D eigenvalue weighted by Crippen LogP contribution is -2.70. The maximum Gasteiger partial charge on any atom is 0.0843 e. The van der Waals surface area contributed by atoms with Crippen LogP contribution in [0, 0.1) is 0 Å². The van der Waals surface area contributed by atoms with Crippen molar-refractivity contribution in [3.05, 3.63) is 0 Å². The highest BCUT2D eigenvalue weighted by Crippen LogP contribution is 2.33. The summed E-state index contributed by atoms with van der Waals surface area (Å²) >= 11 is 0. The van der Waals surface area contributed by atoms with Gasteiger partial charge in [-0.1, -0.05) is 19.3 Å². The molecule has 0 bridgehead atoms. The summed E-state index contributed by atoms with van der Waals surface area (Å²) in [6.07, 6.45) is 10.9. The number of hydrogen-bond donors (Lipinski definition) is 3. The first-order valence-electron chi connectivity index (χ1n) is 7.30. The Hall–Kier alpha value is 0.0969. The molecule has 0 aromatic rings. The van der Waals surface area contributed by atoms with Crippen LogP contribution in [0.1, 0.15) is 51.4 Å². The highest BCUT2D eigenvalue weighted by Gasteiger charge is 2.45. The molecule has 2 rings (SSSR count). The topological polar surface area (TPSA) is 36.1 Å². The van der Waals surface area contributed by atoms with Gasteiger partial charge >= 0.3 is 0 Å². The third-order valence-corrected chi connectivity index (χ3v) is 6.19. The first-order valence-corrected chi connectivity index (χ1v) is 8.30. The minimum absolute atomic E-state index is 0.147. The van der Waals surface area contributed by atoms with Crippen LogP contribution in [-0.4, -0.2) is 41.2 Å². The van der Waals surface area contributed by atoms with Crippen LogP contribution >= 0.6 is 0 Å². The van der Waals surface area contributed by atoms with Crippen molar-refractivity contribution in [1.82, 2.24) is 16.0 Å². The van der Waals surface area contributed by atoms with Crippen LogP contribution in [0.4, 0.5) is 0 Å². The van der Waals surface area contributed by atoms with Crippen LogP contribution in [0.2, 0.25) is 0 Å². The van der Waals surface area contributed by atoms with Gasteiger partial charge in [0.15, 0.2) is 0 Å². The standard InChI is InChI=1S/C13H29N3Si/c1-14-11-7-6-10-13(11,15-2)16-12(17)8-4-3-5-9-12/h11,14-16H,3-10H2,1-2,17H3. The van der Waals surface area contributed by atoms with Gasteiger partial charge in [-0.15, -0.1) is 0 Å². The molecule has 3 N–H and O–H groups in total. The second kappa shape index (κ2) is 5.39. The Labute approximate surface area is 109 Å². The Morgan fingerprint density at radius 3 is 2.29 bits per heavy atom. The van der Waals surface area contributed by atoms with Crippen molar-refractivity contribution in [2.75, 3.05) is 14.1 Å². The van der Waals surface area contributed by atoms with Gasteiger partial charge in [-0.2, -0.15) is 0 Å². The van der Waals surface area contributed by atoms with Gasteiger partial charge < -0.3 is 10.6 Å². The van der Waals surface area contributed by atoms with Crippen LogP contribution in [0.15, 0.2) is 0 Å². The Morgan fingerprint density at radius 1 is 1.00 bits per heavy atom. The van der Waals surface area contributed by atoms with Gasteiger partial charge in [-0.05, 0) is 46.2 Å². The zero-order valence-electron chi connectivity index (χ0n) is 11.7. The van der Waals surface area contributed by atoms with Crippen molar-refractivity contribution in [2.24, 2.45) is 0 Å². The van der Waals surface area contributed by atoms with Gasteiger partial charge in [0.25, 0.3) is 0 Å². The predicted molar refractivity (Wildman–Crippen MR) is 77.4 cm³/mol. The summed E-state index contributed by atoms with van der Waals surface area (Å²) in [6.45, 7) is 0. The molecule has 2 aliphatic carbocycles. The second-order valence-electron chi connectivity index (χ2n) is 6.20. The van der Waals surface area contributed by atoms with Gasteiger partial charge in [0.1, 0.15) is 0 Å². The predicted octanol–water partition coefficient (Wildman–Crippen LogP) is 0.289. The van der Waals surface area contributed by atoms with E-state index in [1.165, 1.54) is 61.6 Å². The smallest absolute Gasteiger partial charge is 0.0843 e. The van der Waals surface area contributed by atoms with E-state index in [0.29, 0.717) is 11.2 Å². The van der Waals surface area contributed by atoms with Gasteiger partial charge in [0.2, 0.25) is 0 Å². The van der Waals surface area contributed by atoms with Crippen LogP contribution in [0.3, 0.4) is 0 Å². The van der Waals surface area contributed by atoms with Crippen LogP contribution in [-0.2, 0) is 0 Å². The Balaban J connectivity index is 2.07. The first kappa shape index (κ1) is 13.5. The molecule has 0 aromatic carbocycles. The van der Waals surface area contributed by atoms with E-state index in [0.717, 1.165) is 0 Å². The minimum atomic E-state index is 0.147. The maximum atomic E-state index is 4.05. The van der Waals surface area contributed by atoms with E-state index >= 15 is 0 Å². The fraction of sp³-hybridized carbons (Fsp3) is 1.00. The van der Waals surface area contributed by atoms with E-state index in [1.807, 2.05) is 0 Å². The molecule has 0 spiro atoms. The zero-order chi connectivity index (χ0) is 12.4. The van der Waals surface area contributed by atoms with Crippen molar-refractivity contribution in [3.63, 3.8) is 0 Å². The average molecular weight is 255 g/mol. The van der Waals surface area contributed by atoms with E-state index in [1.54, 1.807) is 0 Å². The van der Waals surface area contributed by atoms with Crippen molar-refractivity contribution < 1.29 is 0 Å². The van der Waals surface area contributed by atoms with Gasteiger partial charge in [0, 0.05) is 21.4 Å². The monoisotopic (exact) mass is 255 g/mol. The van der Waals surface area contributed by atoms with Gasteiger partial charge in [-0.25, -0.2) is 0 Å². The average Bonchev–Trinajstić information content (AvgIpc) is 2.72. The number of hydrogen-bond acceptors (Lipinski definition) is 3. The lowest BCUT2D eigenvalue weighted by molar-refractivity contribution is 0.164. The van der Waals surface area contributed by atoms with Gasteiger partial charge in [0.05, 0.1) is 5.66 Å². The Bertz CT molecular complexity index is 253. The van der Waals surface area contributed by atoms with Gasteiger partial charge in [-0.3, -0.25) is 5.32 Å². The minimum Gasteiger partial charge on any atom is -0.314 e. The zero-order valence-corrected chi connectivity index (χ0v) is 13.7. The highest BCUT2D eigenvalue weighted by atomic mass is 28.1. The molecular formula is C13H29N3Si. The highest BCUT2D eigenvalue weighted by molar-refractivity contribution is 6.15. The summed E-state index contributed by atoms with van der Waals surface area (Å²) in [5, 5.41) is 11.6. The molecule has 0 aromatic heterocycles. The first-order chi connectivity index (χ1) is 8.14. The third-order valence-electron chi connectivity index (χ3n) is 4.94. The summed E-state index contributed by atoms with van der Waals surface area (Å²) in [7, 11) is 5.49. The molecule has 3 nitrogen and oxygen atoms in total. The molecule has 4 heteroatoms. The molecule has 100 valence electrons. The van der Waals surface area contributed by atoms with Crippen molar-refractivity contribution >= 4 is 10.2 Å². The normalized spacial score (nSPS) is 37.4. The summed E-state index contributed by atoms with van der Waals surface area (Å²) in [4.78, 5) is 0. The number of likely N-dealkylation sites (N-methyl/N-ethyl adjacent to an activating group) is 2. The molecular weight excluding hydrogens is 226 g/mol. The molecule has 0 radical (unpaired) electrons. The summed E-state index contributed by atoms with van der Waals surface area (Å²) in [5.41, 5.74) is 0.147. The third kappa shape index (κ3) is 2.75. The molecule has 0 saturated heterocycles. The molecule has 2 fully saturated rings. The van der Waals surface area contributed by atoms with E-state index < -0.39 is 0 Å². The number of rotatable bonds is 4. The molecule has 2 atom stereocenters. The van der Waals surface area contributed by atoms with Crippen molar-refractivity contribution in [2.45, 2.75) is 68.2 Å². The van der Waals surface area contributed by atoms with Crippen LogP contribution in [0.25, 0.3) is 0 Å². The van der Waals surface area contributed by atoms with Crippen molar-refractivity contribution in [1.29, 1.82) is 0 Å². The number of nitrogens with one attached hydrogen (secondary N) is 3. The SMILES string of the molecule is CNC1CCCC1(NC)NC1([SiH3])CCCCC1. The van der Waals surface area contributed by atoms with E-state index in [2.05, 4.69) is 30.0 Å². The fourth-order valence-electron chi connectivity index (χ4n) is 3.90. The molecule has 2 aliphatic rings. The van der Waals surface area contributed by atoms with Crippen LogP contribution < -0.4 is 16.0 Å². The quantitative estimate of drug-likeness (QED) is 0.499. The summed E-state index contributed by atoms with van der Waals surface area (Å²) < 4.78 is 0. The second-order valence-corrected chi connectivity index (χ2v) is 8.12. The van der Waals surface area contributed by atoms with Crippen LogP contribution in [0.5, 0.6) is 0 Å². The lowest BCUT2D eigenvalue weighted by atomic mass is 9.91. The summed E-state index contributed by atoms with van der Waals surface area (Å²) in [5.74, 6) is 0. The Kier molecular flexibility index (Phi) is 4.29. The molecule has 2 saturated carbocycles. The van der Waals surface area contributed by atoms with E-state index in [4.69, 9.17) is 0 Å². The van der Waals surface area contributed by atoms with E-state index in [-0.39, 0.29) is 5.66 Å². The largest absolute Gasteiger partial charge is 0.314 e. The molecule has 2 unspecified atom stereocenters. The molecule has 17 heavy (non-hydrogen) atoms. The molecule has 0 amide bonds. The molecule has 0 heterocycles.